The Bertz CT molecular complexity index is 27.3. The Kier molecular flexibility index (Phi) is 8.17. The van der Waals surface area contributed by atoms with Crippen molar-refractivity contribution in [3.05, 3.63) is 0 Å². The molecule has 0 rings (SSSR count). The molecule has 0 aliphatic rings. The van der Waals surface area contributed by atoms with E-state index in [9.17, 15) is 0 Å². The summed E-state index contributed by atoms with van der Waals surface area (Å²) in [5.74, 6) is 1.34. The highest BCUT2D eigenvalue weighted by atomic mass is 127. The van der Waals surface area contributed by atoms with Crippen LogP contribution in [-0.2, 0) is 0 Å². The molecule has 44 valence electrons. The van der Waals surface area contributed by atoms with Crippen molar-refractivity contribution in [1.29, 1.82) is 0 Å². The normalized spacial score (nSPS) is 9.43. The summed E-state index contributed by atoms with van der Waals surface area (Å²) in [6.45, 7) is 0. The van der Waals surface area contributed by atoms with Crippen molar-refractivity contribution in [3.8, 4) is 0 Å². The molecule has 0 fully saturated rings. The maximum Gasteiger partial charge on any atom is -0.000443 e. The lowest BCUT2D eigenvalue weighted by Crippen LogP contribution is -1.77. The van der Waals surface area contributed by atoms with Crippen molar-refractivity contribution < 1.29 is 0 Å². The first-order valence-electron chi connectivity index (χ1n) is 2.46. The molecule has 0 bridgehead atoms. The van der Waals surface area contributed by atoms with Gasteiger partial charge in [0.2, 0.25) is 0 Å². The third-order valence-corrected chi connectivity index (χ3v) is 2.19. The minimum Gasteiger partial charge on any atom is -0.165 e. The summed E-state index contributed by atoms with van der Waals surface area (Å²) in [6, 6.07) is 0. The summed E-state index contributed by atoms with van der Waals surface area (Å²) in [5.41, 5.74) is 0. The maximum atomic E-state index is 2.42. The monoisotopic (exact) mass is 230 g/mol. The summed E-state index contributed by atoms with van der Waals surface area (Å²) < 4.78 is 1.32. The molecule has 0 heterocycles. The van der Waals surface area contributed by atoms with Gasteiger partial charge in [-0.2, -0.15) is 11.8 Å². The lowest BCUT2D eigenvalue weighted by molar-refractivity contribution is 0.920. The number of alkyl halides is 1. The molecule has 0 aliphatic carbocycles. The van der Waals surface area contributed by atoms with E-state index < -0.39 is 0 Å². The second-order valence-electron chi connectivity index (χ2n) is 1.39. The Balaban J connectivity index is 2.45. The van der Waals surface area contributed by atoms with E-state index in [1.54, 1.807) is 0 Å². The third kappa shape index (κ3) is 7.08. The lowest BCUT2D eigenvalue weighted by atomic mass is 10.4. The molecule has 0 saturated heterocycles. The summed E-state index contributed by atoms with van der Waals surface area (Å²) in [7, 11) is 0. The van der Waals surface area contributed by atoms with E-state index in [0.29, 0.717) is 0 Å². The molecular weight excluding hydrogens is 219 g/mol. The predicted octanol–water partition coefficient (Wildman–Crippen LogP) is 2.56. The van der Waals surface area contributed by atoms with Crippen LogP contribution in [-0.4, -0.2) is 16.4 Å². The van der Waals surface area contributed by atoms with Gasteiger partial charge in [0.15, 0.2) is 0 Å². The number of halogens is 1. The molecule has 0 aromatic rings. The predicted molar refractivity (Wildman–Crippen MR) is 46.5 cm³/mol. The molecule has 0 aliphatic heterocycles. The van der Waals surface area contributed by atoms with Crippen LogP contribution < -0.4 is 0 Å². The molecule has 0 N–H and O–H groups in total. The molecular formula is C5H11IS. The van der Waals surface area contributed by atoms with Gasteiger partial charge in [0.25, 0.3) is 0 Å². The van der Waals surface area contributed by atoms with Crippen LogP contribution in [0, 0.1) is 0 Å². The van der Waals surface area contributed by atoms with E-state index in [0.717, 1.165) is 0 Å². The van der Waals surface area contributed by atoms with E-state index in [1.807, 2.05) is 11.8 Å². The second kappa shape index (κ2) is 7.08. The highest BCUT2D eigenvalue weighted by molar-refractivity contribution is 14.1. The standard InChI is InChI=1S/C5H11IS/c1-7-5-3-2-4-6/h2-5H2,1H3. The topological polar surface area (TPSA) is 0 Å². The van der Waals surface area contributed by atoms with Crippen LogP contribution in [0.2, 0.25) is 0 Å². The summed E-state index contributed by atoms with van der Waals surface area (Å²) in [6.07, 6.45) is 4.94. The molecule has 0 saturated carbocycles. The van der Waals surface area contributed by atoms with Gasteiger partial charge in [-0.15, -0.1) is 0 Å². The van der Waals surface area contributed by atoms with Crippen LogP contribution in [0.15, 0.2) is 0 Å². The van der Waals surface area contributed by atoms with Crippen molar-refractivity contribution in [1.82, 2.24) is 0 Å². The molecule has 0 atom stereocenters. The minimum absolute atomic E-state index is 1.32. The van der Waals surface area contributed by atoms with E-state index in [4.69, 9.17) is 0 Å². The number of unbranched alkanes of at least 4 members (excludes halogenated alkanes) is 1. The first kappa shape index (κ1) is 8.08. The average molecular weight is 230 g/mol. The van der Waals surface area contributed by atoms with Crippen LogP contribution in [0.5, 0.6) is 0 Å². The van der Waals surface area contributed by atoms with Crippen molar-refractivity contribution in [2.24, 2.45) is 0 Å². The summed E-state index contributed by atoms with van der Waals surface area (Å²) in [4.78, 5) is 0. The minimum atomic E-state index is 1.32. The second-order valence-corrected chi connectivity index (χ2v) is 3.45. The highest BCUT2D eigenvalue weighted by Crippen LogP contribution is 2.00. The molecule has 0 nitrogen and oxygen atoms in total. The zero-order valence-corrected chi connectivity index (χ0v) is 7.59. The Labute approximate surface area is 63.6 Å². The fourth-order valence-electron chi connectivity index (χ4n) is 0.341. The highest BCUT2D eigenvalue weighted by Gasteiger charge is 1.81. The zero-order valence-electron chi connectivity index (χ0n) is 4.61. The first-order valence-corrected chi connectivity index (χ1v) is 5.38. The van der Waals surface area contributed by atoms with Gasteiger partial charge < -0.3 is 0 Å². The Morgan fingerprint density at radius 1 is 1.43 bits per heavy atom. The Morgan fingerprint density at radius 3 is 2.57 bits per heavy atom. The van der Waals surface area contributed by atoms with Gasteiger partial charge in [-0.1, -0.05) is 22.6 Å². The van der Waals surface area contributed by atoms with E-state index >= 15 is 0 Å². The zero-order chi connectivity index (χ0) is 5.54. The van der Waals surface area contributed by atoms with Gasteiger partial charge in [-0.05, 0) is 29.3 Å². The van der Waals surface area contributed by atoms with Crippen molar-refractivity contribution in [2.45, 2.75) is 12.8 Å². The molecule has 2 heteroatoms. The quantitative estimate of drug-likeness (QED) is 0.406. The van der Waals surface area contributed by atoms with Gasteiger partial charge in [0.1, 0.15) is 0 Å². The van der Waals surface area contributed by atoms with Crippen LogP contribution >= 0.6 is 34.4 Å². The van der Waals surface area contributed by atoms with Crippen molar-refractivity contribution >= 4 is 34.4 Å². The summed E-state index contributed by atoms with van der Waals surface area (Å²) in [5, 5.41) is 0. The third-order valence-electron chi connectivity index (χ3n) is 0.732. The smallest absolute Gasteiger partial charge is 0.000443 e. The molecule has 0 amide bonds. The SMILES string of the molecule is CSCCCCI. The molecule has 0 aromatic carbocycles. The number of hydrogen-bond donors (Lipinski definition) is 0. The summed E-state index contributed by atoms with van der Waals surface area (Å²) >= 11 is 4.36. The van der Waals surface area contributed by atoms with Crippen LogP contribution in [0.1, 0.15) is 12.8 Å². The Morgan fingerprint density at radius 2 is 2.14 bits per heavy atom. The number of thioether (sulfide) groups is 1. The Hall–Kier alpha value is 1.08. The van der Waals surface area contributed by atoms with E-state index in [2.05, 4.69) is 28.8 Å². The van der Waals surface area contributed by atoms with Crippen molar-refractivity contribution in [2.75, 3.05) is 16.4 Å². The van der Waals surface area contributed by atoms with Gasteiger partial charge in [0, 0.05) is 0 Å². The molecule has 7 heavy (non-hydrogen) atoms. The molecule has 0 aromatic heterocycles. The van der Waals surface area contributed by atoms with Gasteiger partial charge in [0.05, 0.1) is 0 Å². The van der Waals surface area contributed by atoms with E-state index in [-0.39, 0.29) is 0 Å². The van der Waals surface area contributed by atoms with Crippen LogP contribution in [0.3, 0.4) is 0 Å². The molecule has 0 radical (unpaired) electrons. The maximum absolute atomic E-state index is 2.42. The van der Waals surface area contributed by atoms with Gasteiger partial charge >= 0.3 is 0 Å². The first-order chi connectivity index (χ1) is 3.41. The van der Waals surface area contributed by atoms with E-state index in [1.165, 1.54) is 23.0 Å². The molecule has 0 spiro atoms. The molecule has 0 unspecified atom stereocenters. The average Bonchev–Trinajstić information content (AvgIpc) is 1.69. The van der Waals surface area contributed by atoms with Gasteiger partial charge in [-0.25, -0.2) is 0 Å². The van der Waals surface area contributed by atoms with Crippen LogP contribution in [0.4, 0.5) is 0 Å². The largest absolute Gasteiger partial charge is 0.165 e. The van der Waals surface area contributed by atoms with Crippen LogP contribution in [0.25, 0.3) is 0 Å². The fraction of sp³-hybridized carbons (Fsp3) is 1.00. The van der Waals surface area contributed by atoms with Gasteiger partial charge in [-0.3, -0.25) is 0 Å². The van der Waals surface area contributed by atoms with Crippen molar-refractivity contribution in [3.63, 3.8) is 0 Å². The lowest BCUT2D eigenvalue weighted by Gasteiger charge is -1.89. The fourth-order valence-corrected chi connectivity index (χ4v) is 1.37. The number of hydrogen-bond acceptors (Lipinski definition) is 1. The number of rotatable bonds is 4.